The Balaban J connectivity index is 0.000000968. The molecular formula is C23H22F2N4O4. The molecule has 1 amide bonds. The third-order valence-electron chi connectivity index (χ3n) is 5.26. The summed E-state index contributed by atoms with van der Waals surface area (Å²) in [6.07, 6.45) is 2.92. The van der Waals surface area contributed by atoms with Crippen LogP contribution in [0.2, 0.25) is 0 Å². The van der Waals surface area contributed by atoms with Crippen molar-refractivity contribution in [1.29, 1.82) is 0 Å². The van der Waals surface area contributed by atoms with Crippen molar-refractivity contribution in [1.82, 2.24) is 9.97 Å². The molecule has 10 heteroatoms. The molecule has 1 aromatic carbocycles. The van der Waals surface area contributed by atoms with Gasteiger partial charge in [0.15, 0.2) is 11.6 Å². The average molecular weight is 456 g/mol. The summed E-state index contributed by atoms with van der Waals surface area (Å²) in [6.45, 7) is 2.76. The molecule has 0 saturated carbocycles. The molecule has 8 nitrogen and oxygen atoms in total. The van der Waals surface area contributed by atoms with Crippen LogP contribution < -0.4 is 5.01 Å². The Bertz CT molecular complexity index is 1220. The lowest BCUT2D eigenvalue weighted by Gasteiger charge is -2.16. The van der Waals surface area contributed by atoms with Crippen molar-refractivity contribution in [3.63, 3.8) is 0 Å². The Hall–Kier alpha value is -3.95. The molecule has 0 radical (unpaired) electrons. The number of carboxylic acid groups (broad SMARTS) is 1. The highest BCUT2D eigenvalue weighted by Gasteiger charge is 2.40. The maximum Gasteiger partial charge on any atom is 0.290 e. The number of aromatic nitrogens is 2. The Morgan fingerprint density at radius 3 is 2.73 bits per heavy atom. The molecule has 0 aliphatic carbocycles. The number of nitrogens with zero attached hydrogens (tertiary/aromatic N) is 3. The Morgan fingerprint density at radius 2 is 2.03 bits per heavy atom. The van der Waals surface area contributed by atoms with Gasteiger partial charge in [-0.1, -0.05) is 25.1 Å². The number of H-pyrrole nitrogens is 1. The van der Waals surface area contributed by atoms with E-state index in [1.807, 2.05) is 6.07 Å². The van der Waals surface area contributed by atoms with E-state index in [-0.39, 0.29) is 30.7 Å². The van der Waals surface area contributed by atoms with Crippen molar-refractivity contribution in [2.45, 2.75) is 32.6 Å². The number of benzene rings is 1. The highest BCUT2D eigenvalue weighted by atomic mass is 19.3. The number of hydrazone groups is 1. The number of halogens is 2. The highest BCUT2D eigenvalue weighted by molar-refractivity contribution is 6.27. The average Bonchev–Trinajstić information content (AvgIpc) is 3.37. The van der Waals surface area contributed by atoms with Gasteiger partial charge in [0.2, 0.25) is 0 Å². The number of amides is 1. The smallest absolute Gasteiger partial charge is 0.290 e. The van der Waals surface area contributed by atoms with E-state index in [9.17, 15) is 18.4 Å². The lowest BCUT2D eigenvalue weighted by Crippen LogP contribution is -2.34. The molecule has 0 spiro atoms. The fraction of sp³-hybridized carbons (Fsp3) is 0.261. The molecule has 0 bridgehead atoms. The zero-order valence-electron chi connectivity index (χ0n) is 18.0. The number of ketones is 1. The summed E-state index contributed by atoms with van der Waals surface area (Å²) in [5, 5.41) is 13.1. The highest BCUT2D eigenvalue weighted by Crippen LogP contribution is 2.32. The zero-order chi connectivity index (χ0) is 24.2. The molecule has 2 N–H and O–H groups in total. The molecule has 1 unspecified atom stereocenters. The van der Waals surface area contributed by atoms with Crippen LogP contribution in [0.1, 0.15) is 31.4 Å². The lowest BCUT2D eigenvalue weighted by molar-refractivity contribution is -0.128. The molecule has 4 rings (SSSR count). The van der Waals surface area contributed by atoms with Crippen LogP contribution in [0.15, 0.2) is 53.9 Å². The summed E-state index contributed by atoms with van der Waals surface area (Å²) in [6, 6.07) is 9.32. The second kappa shape index (κ2) is 9.68. The summed E-state index contributed by atoms with van der Waals surface area (Å²) < 4.78 is 28.0. The van der Waals surface area contributed by atoms with Gasteiger partial charge in [0.1, 0.15) is 5.92 Å². The van der Waals surface area contributed by atoms with Gasteiger partial charge in [-0.05, 0) is 24.6 Å². The fourth-order valence-corrected chi connectivity index (χ4v) is 3.57. The van der Waals surface area contributed by atoms with Crippen LogP contribution in [0.4, 0.5) is 14.6 Å². The van der Waals surface area contributed by atoms with E-state index in [2.05, 4.69) is 15.1 Å². The summed E-state index contributed by atoms with van der Waals surface area (Å²) in [4.78, 5) is 41.4. The van der Waals surface area contributed by atoms with Crippen molar-refractivity contribution in [2.24, 2.45) is 11.0 Å². The number of fused-ring (bicyclic) bond motifs is 1. The maximum absolute atomic E-state index is 14.0. The summed E-state index contributed by atoms with van der Waals surface area (Å²) in [7, 11) is 0. The first-order chi connectivity index (χ1) is 15.7. The molecule has 1 aliphatic heterocycles. The van der Waals surface area contributed by atoms with E-state index in [0.717, 1.165) is 15.9 Å². The van der Waals surface area contributed by atoms with Gasteiger partial charge in [-0.3, -0.25) is 14.4 Å². The first kappa shape index (κ1) is 23.7. The number of carbonyl (C=O) groups excluding carboxylic acids is 2. The van der Waals surface area contributed by atoms with Crippen LogP contribution in [0.25, 0.3) is 10.9 Å². The Labute approximate surface area is 187 Å². The predicted octanol–water partition coefficient (Wildman–Crippen LogP) is 3.92. The van der Waals surface area contributed by atoms with Crippen LogP contribution in [0.3, 0.4) is 0 Å². The Morgan fingerprint density at radius 1 is 1.30 bits per heavy atom. The van der Waals surface area contributed by atoms with Crippen molar-refractivity contribution < 1.29 is 28.3 Å². The van der Waals surface area contributed by atoms with Crippen LogP contribution in [0, 0.1) is 5.92 Å². The van der Waals surface area contributed by atoms with Gasteiger partial charge in [0.05, 0.1) is 11.2 Å². The summed E-state index contributed by atoms with van der Waals surface area (Å²) >= 11 is 0. The van der Waals surface area contributed by atoms with Crippen molar-refractivity contribution in [2.75, 3.05) is 5.01 Å². The number of hydrogen-bond acceptors (Lipinski definition) is 5. The third kappa shape index (κ3) is 4.94. The molecular weight excluding hydrogens is 434 g/mol. The second-order valence-electron chi connectivity index (χ2n) is 7.44. The molecule has 0 fully saturated rings. The number of rotatable bonds is 6. The first-order valence-corrected chi connectivity index (χ1v) is 10.1. The molecule has 1 aliphatic rings. The number of Topliss-reactive ketones (excluding diaryl/α,β-unsaturated/α-hetero) is 1. The van der Waals surface area contributed by atoms with Crippen molar-refractivity contribution in [3.8, 4) is 0 Å². The number of carbonyl (C=O) groups is 3. The standard InChI is InChI=1S/C22H20F2N4O2.CH2O2/c1-3-22(23,24)16-6-4-5-14(9-16)10-18(29)20-13(2)27-28(21(20)30)19-11-17-15(12-26-19)7-8-25-17;2-1-3/h4-9,11-12,20,25H,3,10H2,1-2H3;1H,(H,2,3). The number of anilines is 1. The summed E-state index contributed by atoms with van der Waals surface area (Å²) in [5.74, 6) is -4.58. The van der Waals surface area contributed by atoms with Crippen LogP contribution in [-0.4, -0.2) is 38.9 Å². The number of alkyl halides is 2. The molecule has 2 aromatic heterocycles. The minimum Gasteiger partial charge on any atom is -0.483 e. The van der Waals surface area contributed by atoms with Gasteiger partial charge < -0.3 is 10.1 Å². The molecule has 3 aromatic rings. The maximum atomic E-state index is 14.0. The molecule has 172 valence electrons. The number of pyridine rings is 1. The molecule has 0 saturated heterocycles. The fourth-order valence-electron chi connectivity index (χ4n) is 3.57. The van der Waals surface area contributed by atoms with E-state index in [4.69, 9.17) is 9.90 Å². The molecule has 33 heavy (non-hydrogen) atoms. The van der Waals surface area contributed by atoms with Gasteiger partial charge >= 0.3 is 0 Å². The number of aromatic amines is 1. The predicted molar refractivity (Wildman–Crippen MR) is 118 cm³/mol. The van der Waals surface area contributed by atoms with E-state index in [0.29, 0.717) is 17.1 Å². The van der Waals surface area contributed by atoms with Gasteiger partial charge in [-0.25, -0.2) is 13.8 Å². The first-order valence-electron chi connectivity index (χ1n) is 10.1. The van der Waals surface area contributed by atoms with Crippen LogP contribution >= 0.6 is 0 Å². The third-order valence-corrected chi connectivity index (χ3v) is 5.26. The van der Waals surface area contributed by atoms with Gasteiger partial charge in [-0.2, -0.15) is 10.1 Å². The van der Waals surface area contributed by atoms with Gasteiger partial charge in [0, 0.05) is 42.3 Å². The topological polar surface area (TPSA) is 116 Å². The summed E-state index contributed by atoms with van der Waals surface area (Å²) in [5.41, 5.74) is 1.46. The number of nitrogens with one attached hydrogen (secondary N) is 1. The van der Waals surface area contributed by atoms with Crippen LogP contribution in [-0.2, 0) is 26.7 Å². The van der Waals surface area contributed by atoms with Gasteiger partial charge in [0.25, 0.3) is 18.3 Å². The molecule has 3 heterocycles. The quantitative estimate of drug-likeness (QED) is 0.431. The van der Waals surface area contributed by atoms with E-state index >= 15 is 0 Å². The van der Waals surface area contributed by atoms with E-state index < -0.39 is 17.7 Å². The monoisotopic (exact) mass is 456 g/mol. The zero-order valence-corrected chi connectivity index (χ0v) is 18.0. The Kier molecular flexibility index (Phi) is 6.95. The van der Waals surface area contributed by atoms with E-state index in [1.54, 1.807) is 31.5 Å². The van der Waals surface area contributed by atoms with Gasteiger partial charge in [-0.15, -0.1) is 0 Å². The lowest BCUT2D eigenvalue weighted by atomic mass is 9.93. The second-order valence-corrected chi connectivity index (χ2v) is 7.44. The molecule has 1 atom stereocenters. The normalized spacial score (nSPS) is 15.8. The van der Waals surface area contributed by atoms with Crippen LogP contribution in [0.5, 0.6) is 0 Å². The minimum atomic E-state index is -2.96. The van der Waals surface area contributed by atoms with E-state index in [1.165, 1.54) is 25.1 Å². The van der Waals surface area contributed by atoms with Crippen molar-refractivity contribution >= 4 is 40.6 Å². The number of hydrogen-bond donors (Lipinski definition) is 2. The minimum absolute atomic E-state index is 0.131. The SMILES string of the molecule is CCC(F)(F)c1cccc(CC(=O)C2C(=O)N(c3cc4[nH]ccc4cn3)N=C2C)c1.O=CO. The largest absolute Gasteiger partial charge is 0.483 e. The van der Waals surface area contributed by atoms with Crippen molar-refractivity contribution in [3.05, 3.63) is 59.9 Å².